The maximum absolute atomic E-state index is 11.9. The van der Waals surface area contributed by atoms with Crippen molar-refractivity contribution in [1.29, 1.82) is 0 Å². The van der Waals surface area contributed by atoms with E-state index in [2.05, 4.69) is 17.2 Å². The summed E-state index contributed by atoms with van der Waals surface area (Å²) in [7, 11) is 0. The van der Waals surface area contributed by atoms with E-state index in [-0.39, 0.29) is 12.5 Å². The van der Waals surface area contributed by atoms with Gasteiger partial charge in [0.1, 0.15) is 6.61 Å². The molecule has 0 radical (unpaired) electrons. The van der Waals surface area contributed by atoms with Crippen LogP contribution in [0.2, 0.25) is 0 Å². The first-order chi connectivity index (χ1) is 7.95. The van der Waals surface area contributed by atoms with Crippen LogP contribution < -0.4 is 5.32 Å². The van der Waals surface area contributed by atoms with Gasteiger partial charge in [0.25, 0.3) is 0 Å². The molecule has 0 fully saturated rings. The Labute approximate surface area is 102 Å². The molecule has 0 spiro atoms. The van der Waals surface area contributed by atoms with Gasteiger partial charge in [0, 0.05) is 11.0 Å². The van der Waals surface area contributed by atoms with Gasteiger partial charge < -0.3 is 10.4 Å². The number of carbonyl (C=O) groups excluding carboxylic acids is 1. The quantitative estimate of drug-likeness (QED) is 0.726. The monoisotopic (exact) mass is 231 g/mol. The predicted molar refractivity (Wildman–Crippen MR) is 68.5 cm³/mol. The van der Waals surface area contributed by atoms with E-state index >= 15 is 0 Å². The maximum Gasteiger partial charge on any atom is 0.229 e. The highest BCUT2D eigenvalue weighted by molar-refractivity contribution is 5.95. The molecule has 0 aromatic heterocycles. The summed E-state index contributed by atoms with van der Waals surface area (Å²) >= 11 is 0. The lowest BCUT2D eigenvalue weighted by Gasteiger charge is -2.18. The Hall–Kier alpha value is -1.79. The van der Waals surface area contributed by atoms with Gasteiger partial charge in [0.05, 0.1) is 5.69 Å². The standard InChI is InChI=1S/C14H17NO2/c1-14(2,3)13(17)15-12-9-5-4-7-11(12)8-6-10-16/h4-5,7,9,16H,10H2,1-3H3,(H,15,17). The molecule has 1 rings (SSSR count). The molecule has 1 aromatic carbocycles. The highest BCUT2D eigenvalue weighted by Gasteiger charge is 2.21. The average molecular weight is 231 g/mol. The largest absolute Gasteiger partial charge is 0.384 e. The zero-order valence-corrected chi connectivity index (χ0v) is 10.4. The smallest absolute Gasteiger partial charge is 0.229 e. The first-order valence-corrected chi connectivity index (χ1v) is 5.45. The highest BCUT2D eigenvalue weighted by Crippen LogP contribution is 2.19. The van der Waals surface area contributed by atoms with Crippen LogP contribution >= 0.6 is 0 Å². The molecule has 0 bridgehead atoms. The van der Waals surface area contributed by atoms with Crippen molar-refractivity contribution in [2.24, 2.45) is 5.41 Å². The number of aliphatic hydroxyl groups is 1. The van der Waals surface area contributed by atoms with Gasteiger partial charge in [-0.25, -0.2) is 0 Å². The van der Waals surface area contributed by atoms with Crippen molar-refractivity contribution in [3.8, 4) is 11.8 Å². The molecule has 0 saturated carbocycles. The molecule has 0 unspecified atom stereocenters. The van der Waals surface area contributed by atoms with Crippen LogP contribution in [0.3, 0.4) is 0 Å². The van der Waals surface area contributed by atoms with Crippen molar-refractivity contribution in [3.05, 3.63) is 29.8 Å². The molecule has 0 aliphatic heterocycles. The topological polar surface area (TPSA) is 49.3 Å². The van der Waals surface area contributed by atoms with Gasteiger partial charge in [-0.3, -0.25) is 4.79 Å². The molecule has 0 saturated heterocycles. The molecule has 0 atom stereocenters. The summed E-state index contributed by atoms with van der Waals surface area (Å²) in [5.41, 5.74) is 0.935. The molecule has 0 heterocycles. The van der Waals surface area contributed by atoms with E-state index in [1.165, 1.54) is 0 Å². The van der Waals surface area contributed by atoms with Gasteiger partial charge >= 0.3 is 0 Å². The fourth-order valence-corrected chi connectivity index (χ4v) is 1.15. The minimum absolute atomic E-state index is 0.0595. The van der Waals surface area contributed by atoms with Crippen LogP contribution in [0.4, 0.5) is 5.69 Å². The number of carbonyl (C=O) groups is 1. The minimum Gasteiger partial charge on any atom is -0.384 e. The summed E-state index contributed by atoms with van der Waals surface area (Å²) in [6.45, 7) is 5.36. The number of nitrogens with one attached hydrogen (secondary N) is 1. The molecule has 0 aliphatic carbocycles. The number of aliphatic hydroxyl groups excluding tert-OH is 1. The summed E-state index contributed by atoms with van der Waals surface area (Å²) in [6, 6.07) is 7.28. The lowest BCUT2D eigenvalue weighted by Crippen LogP contribution is -2.27. The minimum atomic E-state index is -0.447. The molecule has 90 valence electrons. The van der Waals surface area contributed by atoms with Crippen LogP contribution in [-0.2, 0) is 4.79 Å². The Bertz CT molecular complexity index is 461. The van der Waals surface area contributed by atoms with Crippen molar-refractivity contribution >= 4 is 11.6 Å². The Morgan fingerprint density at radius 3 is 2.59 bits per heavy atom. The van der Waals surface area contributed by atoms with Gasteiger partial charge in [-0.15, -0.1) is 0 Å². The van der Waals surface area contributed by atoms with E-state index in [0.717, 1.165) is 0 Å². The van der Waals surface area contributed by atoms with Crippen molar-refractivity contribution < 1.29 is 9.90 Å². The third-order valence-corrected chi connectivity index (χ3v) is 2.16. The predicted octanol–water partition coefficient (Wildman–Crippen LogP) is 2.02. The van der Waals surface area contributed by atoms with E-state index in [1.54, 1.807) is 12.1 Å². The summed E-state index contributed by atoms with van der Waals surface area (Å²) in [5, 5.41) is 11.5. The van der Waals surface area contributed by atoms with Gasteiger partial charge in [-0.1, -0.05) is 44.7 Å². The molecule has 3 nitrogen and oxygen atoms in total. The van der Waals surface area contributed by atoms with E-state index < -0.39 is 5.41 Å². The third kappa shape index (κ3) is 3.93. The van der Waals surface area contributed by atoms with E-state index in [1.807, 2.05) is 32.9 Å². The molecule has 0 aliphatic rings. The summed E-state index contributed by atoms with van der Waals surface area (Å²) < 4.78 is 0. The Kier molecular flexibility index (Phi) is 4.30. The number of hydrogen-bond donors (Lipinski definition) is 2. The van der Waals surface area contributed by atoms with Crippen LogP contribution in [0, 0.1) is 17.3 Å². The zero-order chi connectivity index (χ0) is 12.9. The molecule has 17 heavy (non-hydrogen) atoms. The highest BCUT2D eigenvalue weighted by atomic mass is 16.2. The van der Waals surface area contributed by atoms with Crippen LogP contribution in [0.15, 0.2) is 24.3 Å². The van der Waals surface area contributed by atoms with Gasteiger partial charge in [-0.05, 0) is 12.1 Å². The van der Waals surface area contributed by atoms with Crippen LogP contribution in [-0.4, -0.2) is 17.6 Å². The number of hydrogen-bond acceptors (Lipinski definition) is 2. The number of benzene rings is 1. The fraction of sp³-hybridized carbons (Fsp3) is 0.357. The summed E-state index contributed by atoms with van der Waals surface area (Å²) in [4.78, 5) is 11.9. The van der Waals surface area contributed by atoms with Crippen molar-refractivity contribution in [2.45, 2.75) is 20.8 Å². The van der Waals surface area contributed by atoms with Gasteiger partial charge in [0.2, 0.25) is 5.91 Å². The second-order valence-corrected chi connectivity index (χ2v) is 4.71. The molecule has 2 N–H and O–H groups in total. The third-order valence-electron chi connectivity index (χ3n) is 2.16. The lowest BCUT2D eigenvalue weighted by atomic mass is 9.95. The molecule has 1 amide bonds. The van der Waals surface area contributed by atoms with E-state index in [9.17, 15) is 4.79 Å². The summed E-state index contributed by atoms with van der Waals surface area (Å²) in [6.07, 6.45) is 0. The lowest BCUT2D eigenvalue weighted by molar-refractivity contribution is -0.123. The SMILES string of the molecule is CC(C)(C)C(=O)Nc1ccccc1C#CCO. The normalized spacial score (nSPS) is 10.4. The zero-order valence-electron chi connectivity index (χ0n) is 10.4. The first kappa shape index (κ1) is 13.3. The Balaban J connectivity index is 2.95. The number of amides is 1. The van der Waals surface area contributed by atoms with Gasteiger partial charge in [-0.2, -0.15) is 0 Å². The van der Waals surface area contributed by atoms with Crippen molar-refractivity contribution in [3.63, 3.8) is 0 Å². The molecular weight excluding hydrogens is 214 g/mol. The van der Waals surface area contributed by atoms with Crippen molar-refractivity contribution in [2.75, 3.05) is 11.9 Å². The summed E-state index contributed by atoms with van der Waals surface area (Å²) in [5.74, 6) is 5.32. The van der Waals surface area contributed by atoms with Gasteiger partial charge in [0.15, 0.2) is 0 Å². The van der Waals surface area contributed by atoms with Crippen molar-refractivity contribution in [1.82, 2.24) is 0 Å². The number of para-hydroxylation sites is 1. The molecule has 1 aromatic rings. The van der Waals surface area contributed by atoms with E-state index in [0.29, 0.717) is 11.3 Å². The van der Waals surface area contributed by atoms with Crippen LogP contribution in [0.1, 0.15) is 26.3 Å². The van der Waals surface area contributed by atoms with Crippen LogP contribution in [0.5, 0.6) is 0 Å². The van der Waals surface area contributed by atoms with E-state index in [4.69, 9.17) is 5.11 Å². The Morgan fingerprint density at radius 1 is 1.35 bits per heavy atom. The average Bonchev–Trinajstić information content (AvgIpc) is 2.26. The molecule has 3 heteroatoms. The Morgan fingerprint density at radius 2 is 2.00 bits per heavy atom. The number of anilines is 1. The fourth-order valence-electron chi connectivity index (χ4n) is 1.15. The maximum atomic E-state index is 11.9. The first-order valence-electron chi connectivity index (χ1n) is 5.45. The second kappa shape index (κ2) is 5.51. The second-order valence-electron chi connectivity index (χ2n) is 4.71. The number of rotatable bonds is 1. The van der Waals surface area contributed by atoms with Crippen LogP contribution in [0.25, 0.3) is 0 Å². The molecular formula is C14H17NO2.